The van der Waals surface area contributed by atoms with Crippen molar-refractivity contribution in [2.45, 2.75) is 44.6 Å². The molecule has 4 rings (SSSR count). The second-order valence-electron chi connectivity index (χ2n) is 6.88. The summed E-state index contributed by atoms with van der Waals surface area (Å²) in [5.74, 6) is -0.130. The molecule has 0 bridgehead atoms. The van der Waals surface area contributed by atoms with Gasteiger partial charge in [0.1, 0.15) is 11.3 Å². The first-order valence-electron chi connectivity index (χ1n) is 9.13. The van der Waals surface area contributed by atoms with Gasteiger partial charge in [0.15, 0.2) is 5.82 Å². The minimum absolute atomic E-state index is 0.0221. The molecule has 27 heavy (non-hydrogen) atoms. The molecule has 2 aromatic heterocycles. The van der Waals surface area contributed by atoms with E-state index in [2.05, 4.69) is 20.6 Å². The third kappa shape index (κ3) is 3.74. The number of nitrogens with one attached hydrogen (secondary N) is 2. The predicted octanol–water partition coefficient (Wildman–Crippen LogP) is 2.22. The van der Waals surface area contributed by atoms with Crippen LogP contribution < -0.4 is 10.9 Å². The van der Waals surface area contributed by atoms with Crippen LogP contribution in [0.5, 0.6) is 0 Å². The van der Waals surface area contributed by atoms with Crippen molar-refractivity contribution >= 4 is 11.4 Å². The number of aromatic amines is 1. The highest BCUT2D eigenvalue weighted by Crippen LogP contribution is 2.20. The lowest BCUT2D eigenvalue weighted by Gasteiger charge is -2.22. The van der Waals surface area contributed by atoms with E-state index in [9.17, 15) is 14.0 Å². The molecule has 1 aliphatic carbocycles. The Hall–Kier alpha value is -3.03. The fourth-order valence-corrected chi connectivity index (χ4v) is 3.50. The third-order valence-electron chi connectivity index (χ3n) is 4.90. The summed E-state index contributed by atoms with van der Waals surface area (Å²) in [4.78, 5) is 24.5. The van der Waals surface area contributed by atoms with Gasteiger partial charge in [0, 0.05) is 11.6 Å². The minimum Gasteiger partial charge on any atom is -0.353 e. The van der Waals surface area contributed by atoms with E-state index in [0.717, 1.165) is 25.7 Å². The molecular weight excluding hydrogens is 349 g/mol. The van der Waals surface area contributed by atoms with Crippen LogP contribution in [0.4, 0.5) is 4.39 Å². The molecule has 1 aliphatic rings. The lowest BCUT2D eigenvalue weighted by Crippen LogP contribution is -2.37. The largest absolute Gasteiger partial charge is 0.353 e. The molecule has 7 nitrogen and oxygen atoms in total. The zero-order valence-corrected chi connectivity index (χ0v) is 14.7. The van der Waals surface area contributed by atoms with Crippen molar-refractivity contribution in [3.8, 4) is 11.3 Å². The van der Waals surface area contributed by atoms with Gasteiger partial charge in [-0.1, -0.05) is 19.3 Å². The maximum absolute atomic E-state index is 13.1. The van der Waals surface area contributed by atoms with Crippen molar-refractivity contribution in [1.29, 1.82) is 0 Å². The van der Waals surface area contributed by atoms with E-state index < -0.39 is 5.56 Å². The number of benzene rings is 1. The van der Waals surface area contributed by atoms with E-state index >= 15 is 0 Å². The van der Waals surface area contributed by atoms with Crippen LogP contribution in [-0.2, 0) is 11.2 Å². The Labute approximate surface area is 154 Å². The van der Waals surface area contributed by atoms with Crippen molar-refractivity contribution in [2.75, 3.05) is 0 Å². The topological polar surface area (TPSA) is 92.2 Å². The van der Waals surface area contributed by atoms with Crippen LogP contribution in [-0.4, -0.2) is 31.8 Å². The molecule has 2 heterocycles. The molecule has 2 N–H and O–H groups in total. The first-order valence-corrected chi connectivity index (χ1v) is 9.13. The Morgan fingerprint density at radius 2 is 1.96 bits per heavy atom. The summed E-state index contributed by atoms with van der Waals surface area (Å²) in [6.45, 7) is 0. The number of amides is 1. The Morgan fingerprint density at radius 3 is 2.70 bits per heavy atom. The number of hydrogen-bond donors (Lipinski definition) is 2. The summed E-state index contributed by atoms with van der Waals surface area (Å²) >= 11 is 0. The summed E-state index contributed by atoms with van der Waals surface area (Å²) in [5, 5.41) is 13.9. The molecule has 0 spiro atoms. The smallest absolute Gasteiger partial charge is 0.290 e. The number of carbonyl (C=O) groups excluding carboxylic acids is 1. The van der Waals surface area contributed by atoms with Crippen LogP contribution >= 0.6 is 0 Å². The molecule has 1 aromatic carbocycles. The number of nitrogens with zero attached hydrogens (tertiary/aromatic N) is 3. The molecule has 8 heteroatoms. The zero-order chi connectivity index (χ0) is 18.8. The van der Waals surface area contributed by atoms with E-state index in [0.29, 0.717) is 22.6 Å². The number of fused-ring (bicyclic) bond motifs is 1. The average molecular weight is 369 g/mol. The van der Waals surface area contributed by atoms with E-state index in [-0.39, 0.29) is 24.2 Å². The molecule has 1 fully saturated rings. The SMILES string of the molecule is O=C(Cc1n[nH]c(=O)c2cc(-c3ccc(F)cc3)nn12)NC1CCCCC1. The second-order valence-corrected chi connectivity index (χ2v) is 6.88. The minimum atomic E-state index is -0.396. The maximum atomic E-state index is 13.1. The fourth-order valence-electron chi connectivity index (χ4n) is 3.50. The Balaban J connectivity index is 1.61. The van der Waals surface area contributed by atoms with Crippen LogP contribution in [0, 0.1) is 5.82 Å². The number of aromatic nitrogens is 4. The number of carbonyl (C=O) groups is 1. The first kappa shape index (κ1) is 17.4. The highest BCUT2D eigenvalue weighted by molar-refractivity contribution is 5.78. The molecule has 0 unspecified atom stereocenters. The molecule has 0 aliphatic heterocycles. The van der Waals surface area contributed by atoms with Gasteiger partial charge < -0.3 is 5.32 Å². The van der Waals surface area contributed by atoms with E-state index in [1.165, 1.54) is 23.1 Å². The third-order valence-corrected chi connectivity index (χ3v) is 4.90. The number of H-pyrrole nitrogens is 1. The fraction of sp³-hybridized carbons (Fsp3) is 0.368. The Bertz CT molecular complexity index is 1020. The lowest BCUT2D eigenvalue weighted by molar-refractivity contribution is -0.121. The van der Waals surface area contributed by atoms with Crippen LogP contribution in [0.25, 0.3) is 16.8 Å². The van der Waals surface area contributed by atoms with Gasteiger partial charge in [-0.2, -0.15) is 10.2 Å². The second kappa shape index (κ2) is 7.30. The van der Waals surface area contributed by atoms with Gasteiger partial charge in [-0.05, 0) is 43.2 Å². The van der Waals surface area contributed by atoms with Crippen molar-refractivity contribution in [3.05, 3.63) is 52.3 Å². The van der Waals surface area contributed by atoms with Gasteiger partial charge in [0.2, 0.25) is 5.91 Å². The van der Waals surface area contributed by atoms with E-state index in [4.69, 9.17) is 0 Å². The van der Waals surface area contributed by atoms with E-state index in [1.54, 1.807) is 18.2 Å². The summed E-state index contributed by atoms with van der Waals surface area (Å²) in [6.07, 6.45) is 5.49. The highest BCUT2D eigenvalue weighted by Gasteiger charge is 2.18. The van der Waals surface area contributed by atoms with Crippen molar-refractivity contribution in [1.82, 2.24) is 25.1 Å². The summed E-state index contributed by atoms with van der Waals surface area (Å²) in [6, 6.07) is 7.66. The van der Waals surface area contributed by atoms with Crippen molar-refractivity contribution in [2.24, 2.45) is 0 Å². The predicted molar refractivity (Wildman–Crippen MR) is 97.7 cm³/mol. The molecule has 1 amide bonds. The van der Waals surface area contributed by atoms with Gasteiger partial charge in [-0.3, -0.25) is 9.59 Å². The molecular formula is C19H20FN5O2. The molecule has 0 atom stereocenters. The van der Waals surface area contributed by atoms with Gasteiger partial charge in [-0.25, -0.2) is 14.0 Å². The van der Waals surface area contributed by atoms with Crippen LogP contribution in [0.2, 0.25) is 0 Å². The summed E-state index contributed by atoms with van der Waals surface area (Å²) in [7, 11) is 0. The van der Waals surface area contributed by atoms with Crippen molar-refractivity contribution < 1.29 is 9.18 Å². The quantitative estimate of drug-likeness (QED) is 0.738. The molecule has 0 saturated heterocycles. The molecule has 3 aromatic rings. The Morgan fingerprint density at radius 1 is 1.22 bits per heavy atom. The first-order chi connectivity index (χ1) is 13.1. The standard InChI is InChI=1S/C19H20FN5O2/c20-13-8-6-12(7-9-13)15-10-16-19(27)23-22-17(25(16)24-15)11-18(26)21-14-4-2-1-3-5-14/h6-10,14H,1-5,11H2,(H,21,26)(H,23,27). The summed E-state index contributed by atoms with van der Waals surface area (Å²) < 4.78 is 14.5. The lowest BCUT2D eigenvalue weighted by atomic mass is 9.95. The van der Waals surface area contributed by atoms with Crippen LogP contribution in [0.1, 0.15) is 37.9 Å². The van der Waals surface area contributed by atoms with Crippen LogP contribution in [0.15, 0.2) is 35.1 Å². The highest BCUT2D eigenvalue weighted by atomic mass is 19.1. The molecule has 140 valence electrons. The number of rotatable bonds is 4. The van der Waals surface area contributed by atoms with E-state index in [1.807, 2.05) is 0 Å². The normalized spacial score (nSPS) is 15.1. The number of hydrogen-bond acceptors (Lipinski definition) is 4. The Kier molecular flexibility index (Phi) is 4.70. The van der Waals surface area contributed by atoms with Gasteiger partial charge >= 0.3 is 0 Å². The van der Waals surface area contributed by atoms with Crippen molar-refractivity contribution in [3.63, 3.8) is 0 Å². The zero-order valence-electron chi connectivity index (χ0n) is 14.7. The van der Waals surface area contributed by atoms with Gasteiger partial charge in [0.05, 0.1) is 12.1 Å². The molecule has 0 radical (unpaired) electrons. The average Bonchev–Trinajstić information content (AvgIpc) is 3.12. The maximum Gasteiger partial charge on any atom is 0.290 e. The number of halogens is 1. The summed E-state index contributed by atoms with van der Waals surface area (Å²) in [5.41, 5.74) is 1.09. The molecule has 1 saturated carbocycles. The monoisotopic (exact) mass is 369 g/mol. The van der Waals surface area contributed by atoms with Gasteiger partial charge in [-0.15, -0.1) is 0 Å². The van der Waals surface area contributed by atoms with Gasteiger partial charge in [0.25, 0.3) is 5.56 Å². The van der Waals surface area contributed by atoms with Crippen LogP contribution in [0.3, 0.4) is 0 Å².